The average Bonchev–Trinajstić information content (AvgIpc) is 2.74. The summed E-state index contributed by atoms with van der Waals surface area (Å²) in [4.78, 5) is 16.6. The van der Waals surface area contributed by atoms with Crippen LogP contribution >= 0.6 is 0 Å². The molecule has 0 aliphatic carbocycles. The van der Waals surface area contributed by atoms with Crippen LogP contribution in [0.25, 0.3) is 0 Å². The second-order valence-corrected chi connectivity index (χ2v) is 5.40. The predicted molar refractivity (Wildman–Crippen MR) is 64.3 cm³/mol. The van der Waals surface area contributed by atoms with Crippen molar-refractivity contribution in [3.05, 3.63) is 0 Å². The van der Waals surface area contributed by atoms with E-state index < -0.39 is 0 Å². The Balaban J connectivity index is 1.91. The topological polar surface area (TPSA) is 35.6 Å². The van der Waals surface area contributed by atoms with Gasteiger partial charge in [-0.05, 0) is 26.4 Å². The van der Waals surface area contributed by atoms with Gasteiger partial charge < -0.3 is 15.1 Å². The van der Waals surface area contributed by atoms with Crippen LogP contribution in [0.5, 0.6) is 0 Å². The second kappa shape index (κ2) is 4.72. The zero-order valence-corrected chi connectivity index (χ0v) is 10.6. The molecule has 2 atom stereocenters. The lowest BCUT2D eigenvalue weighted by molar-refractivity contribution is -0.131. The van der Waals surface area contributed by atoms with E-state index in [1.807, 2.05) is 0 Å². The summed E-state index contributed by atoms with van der Waals surface area (Å²) in [5, 5.41) is 3.35. The lowest BCUT2D eigenvalue weighted by Gasteiger charge is -2.24. The number of carbonyl (C=O) groups excluding carboxylic acids is 1. The van der Waals surface area contributed by atoms with Crippen LogP contribution in [0.3, 0.4) is 0 Å². The van der Waals surface area contributed by atoms with E-state index in [9.17, 15) is 4.79 Å². The number of carbonyl (C=O) groups is 1. The molecule has 0 aromatic carbocycles. The summed E-state index contributed by atoms with van der Waals surface area (Å²) < 4.78 is 0. The van der Waals surface area contributed by atoms with Crippen molar-refractivity contribution in [2.24, 2.45) is 0 Å². The van der Waals surface area contributed by atoms with Crippen molar-refractivity contribution in [2.75, 3.05) is 26.7 Å². The molecule has 2 heterocycles. The van der Waals surface area contributed by atoms with Gasteiger partial charge in [0.15, 0.2) is 0 Å². The number of likely N-dealkylation sites (N-methyl/N-ethyl adjacent to an activating group) is 1. The van der Waals surface area contributed by atoms with E-state index in [2.05, 4.69) is 36.0 Å². The molecular formula is C12H23N3O. The minimum atomic E-state index is 0.0610. The van der Waals surface area contributed by atoms with Gasteiger partial charge in [-0.3, -0.25) is 4.79 Å². The van der Waals surface area contributed by atoms with Gasteiger partial charge in [-0.15, -0.1) is 0 Å². The number of hydrogen-bond donors (Lipinski definition) is 1. The third kappa shape index (κ3) is 2.38. The summed E-state index contributed by atoms with van der Waals surface area (Å²) in [5.41, 5.74) is 0. The molecule has 2 rings (SSSR count). The highest BCUT2D eigenvalue weighted by Gasteiger charge is 2.37. The monoisotopic (exact) mass is 225 g/mol. The van der Waals surface area contributed by atoms with Crippen LogP contribution in [-0.4, -0.2) is 60.5 Å². The first-order valence-corrected chi connectivity index (χ1v) is 6.33. The fourth-order valence-electron chi connectivity index (χ4n) is 2.79. The highest BCUT2D eigenvalue weighted by molar-refractivity contribution is 5.84. The number of nitrogens with one attached hydrogen (secondary N) is 1. The molecule has 2 fully saturated rings. The van der Waals surface area contributed by atoms with E-state index in [-0.39, 0.29) is 6.04 Å². The molecule has 2 unspecified atom stereocenters. The molecule has 0 spiro atoms. The van der Waals surface area contributed by atoms with E-state index in [0.717, 1.165) is 32.5 Å². The lowest BCUT2D eigenvalue weighted by atomic mass is 10.2. The van der Waals surface area contributed by atoms with Crippen molar-refractivity contribution in [2.45, 2.75) is 44.8 Å². The molecule has 0 saturated carbocycles. The molecule has 1 amide bonds. The van der Waals surface area contributed by atoms with Crippen molar-refractivity contribution in [3.8, 4) is 0 Å². The summed E-state index contributed by atoms with van der Waals surface area (Å²) in [6, 6.07) is 0.905. The Morgan fingerprint density at radius 3 is 2.62 bits per heavy atom. The summed E-state index contributed by atoms with van der Waals surface area (Å²) in [6.45, 7) is 7.29. The summed E-state index contributed by atoms with van der Waals surface area (Å²) >= 11 is 0. The lowest BCUT2D eigenvalue weighted by Crippen LogP contribution is -2.45. The quantitative estimate of drug-likeness (QED) is 0.750. The molecule has 92 valence electrons. The highest BCUT2D eigenvalue weighted by Crippen LogP contribution is 2.21. The molecule has 0 aromatic rings. The van der Waals surface area contributed by atoms with Crippen LogP contribution in [-0.2, 0) is 4.79 Å². The first kappa shape index (κ1) is 11.9. The normalized spacial score (nSPS) is 32.0. The largest absolute Gasteiger partial charge is 0.337 e. The molecule has 2 aliphatic rings. The van der Waals surface area contributed by atoms with Crippen molar-refractivity contribution in [3.63, 3.8) is 0 Å². The maximum Gasteiger partial charge on any atom is 0.240 e. The van der Waals surface area contributed by atoms with Crippen LogP contribution in [0.1, 0.15) is 26.7 Å². The van der Waals surface area contributed by atoms with Gasteiger partial charge in [-0.2, -0.15) is 0 Å². The van der Waals surface area contributed by atoms with Crippen molar-refractivity contribution < 1.29 is 4.79 Å². The maximum absolute atomic E-state index is 12.2. The summed E-state index contributed by atoms with van der Waals surface area (Å²) in [5.74, 6) is 0.314. The van der Waals surface area contributed by atoms with Gasteiger partial charge in [0, 0.05) is 25.2 Å². The number of hydrogen-bond acceptors (Lipinski definition) is 3. The average molecular weight is 225 g/mol. The van der Waals surface area contributed by atoms with Gasteiger partial charge >= 0.3 is 0 Å². The Kier molecular flexibility index (Phi) is 3.50. The SMILES string of the molecule is CC(C)NC1CCN(C2CCN(C)C2)C1=O. The van der Waals surface area contributed by atoms with E-state index in [0.29, 0.717) is 18.0 Å². The molecule has 16 heavy (non-hydrogen) atoms. The van der Waals surface area contributed by atoms with E-state index in [4.69, 9.17) is 0 Å². The smallest absolute Gasteiger partial charge is 0.240 e. The number of likely N-dealkylation sites (tertiary alicyclic amines) is 2. The van der Waals surface area contributed by atoms with Crippen LogP contribution in [0, 0.1) is 0 Å². The molecule has 4 heteroatoms. The Hall–Kier alpha value is -0.610. The predicted octanol–water partition coefficient (Wildman–Crippen LogP) is 0.289. The standard InChI is InChI=1S/C12H23N3O/c1-9(2)13-11-5-7-15(12(11)16)10-4-6-14(3)8-10/h9-11,13H,4-8H2,1-3H3. The first-order valence-electron chi connectivity index (χ1n) is 6.33. The molecular weight excluding hydrogens is 202 g/mol. The van der Waals surface area contributed by atoms with Crippen LogP contribution in [0.2, 0.25) is 0 Å². The van der Waals surface area contributed by atoms with Gasteiger partial charge in [0.1, 0.15) is 0 Å². The van der Waals surface area contributed by atoms with Gasteiger partial charge in [-0.1, -0.05) is 13.8 Å². The highest BCUT2D eigenvalue weighted by atomic mass is 16.2. The first-order chi connectivity index (χ1) is 7.58. The third-order valence-corrected chi connectivity index (χ3v) is 3.58. The second-order valence-electron chi connectivity index (χ2n) is 5.40. The zero-order chi connectivity index (χ0) is 11.7. The van der Waals surface area contributed by atoms with Crippen LogP contribution < -0.4 is 5.32 Å². The van der Waals surface area contributed by atoms with E-state index >= 15 is 0 Å². The van der Waals surface area contributed by atoms with Gasteiger partial charge in [-0.25, -0.2) is 0 Å². The summed E-state index contributed by atoms with van der Waals surface area (Å²) in [6.07, 6.45) is 2.11. The van der Waals surface area contributed by atoms with Crippen LogP contribution in [0.15, 0.2) is 0 Å². The number of amides is 1. The van der Waals surface area contributed by atoms with E-state index in [1.54, 1.807) is 0 Å². The van der Waals surface area contributed by atoms with Gasteiger partial charge in [0.2, 0.25) is 5.91 Å². The number of nitrogens with zero attached hydrogens (tertiary/aromatic N) is 2. The zero-order valence-electron chi connectivity index (χ0n) is 10.6. The number of rotatable bonds is 3. The maximum atomic E-state index is 12.2. The van der Waals surface area contributed by atoms with Crippen molar-refractivity contribution in [1.29, 1.82) is 0 Å². The fraction of sp³-hybridized carbons (Fsp3) is 0.917. The Morgan fingerprint density at radius 1 is 1.31 bits per heavy atom. The summed E-state index contributed by atoms with van der Waals surface area (Å²) in [7, 11) is 2.13. The van der Waals surface area contributed by atoms with Gasteiger partial charge in [0.05, 0.1) is 6.04 Å². The minimum absolute atomic E-state index is 0.0610. The van der Waals surface area contributed by atoms with Crippen molar-refractivity contribution >= 4 is 5.91 Å². The Labute approximate surface area is 98.0 Å². The fourth-order valence-corrected chi connectivity index (χ4v) is 2.79. The van der Waals surface area contributed by atoms with Gasteiger partial charge in [0.25, 0.3) is 0 Å². The molecule has 2 aliphatic heterocycles. The van der Waals surface area contributed by atoms with Crippen molar-refractivity contribution in [1.82, 2.24) is 15.1 Å². The Bertz CT molecular complexity index is 267. The van der Waals surface area contributed by atoms with Crippen LogP contribution in [0.4, 0.5) is 0 Å². The molecule has 0 radical (unpaired) electrons. The Morgan fingerprint density at radius 2 is 2.06 bits per heavy atom. The minimum Gasteiger partial charge on any atom is -0.337 e. The third-order valence-electron chi connectivity index (χ3n) is 3.58. The molecule has 0 bridgehead atoms. The molecule has 4 nitrogen and oxygen atoms in total. The molecule has 2 saturated heterocycles. The molecule has 1 N–H and O–H groups in total. The van der Waals surface area contributed by atoms with E-state index in [1.165, 1.54) is 0 Å². The molecule has 0 aromatic heterocycles.